The lowest BCUT2D eigenvalue weighted by atomic mass is 10.1. The Balaban J connectivity index is 3.06. The Morgan fingerprint density at radius 3 is 2.80 bits per heavy atom. The predicted octanol–water partition coefficient (Wildman–Crippen LogP) is 0.857. The predicted molar refractivity (Wildman–Crippen MR) is 54.8 cm³/mol. The first-order chi connectivity index (χ1) is 7.06. The van der Waals surface area contributed by atoms with Crippen LogP contribution in [0.1, 0.15) is 5.56 Å². The van der Waals surface area contributed by atoms with Crippen molar-refractivity contribution in [3.63, 3.8) is 0 Å². The van der Waals surface area contributed by atoms with Gasteiger partial charge in [0.1, 0.15) is 12.4 Å². The third kappa shape index (κ3) is 2.57. The quantitative estimate of drug-likeness (QED) is 0.438. The molecule has 0 saturated heterocycles. The normalized spacial score (nSPS) is 10.0. The highest BCUT2D eigenvalue weighted by molar-refractivity contribution is 5.61. The SMILES string of the molecule is Cc1cc(N)c(OCCO)cc1[N+](=O)[O-]. The number of rotatable bonds is 4. The second-order valence-corrected chi connectivity index (χ2v) is 3.01. The number of hydrogen-bond acceptors (Lipinski definition) is 5. The summed E-state index contributed by atoms with van der Waals surface area (Å²) < 4.78 is 5.05. The van der Waals surface area contributed by atoms with E-state index >= 15 is 0 Å². The summed E-state index contributed by atoms with van der Waals surface area (Å²) in [5, 5.41) is 19.2. The van der Waals surface area contributed by atoms with Crippen LogP contribution in [0.5, 0.6) is 5.75 Å². The molecule has 6 nitrogen and oxygen atoms in total. The first-order valence-corrected chi connectivity index (χ1v) is 4.34. The Labute approximate surface area is 86.4 Å². The molecule has 0 unspecified atom stereocenters. The lowest BCUT2D eigenvalue weighted by molar-refractivity contribution is -0.385. The van der Waals surface area contributed by atoms with Gasteiger partial charge in [-0.3, -0.25) is 10.1 Å². The molecule has 0 aliphatic heterocycles. The third-order valence-electron chi connectivity index (χ3n) is 1.87. The minimum atomic E-state index is -0.499. The number of aliphatic hydroxyl groups excluding tert-OH is 1. The molecule has 0 radical (unpaired) electrons. The van der Waals surface area contributed by atoms with Crippen molar-refractivity contribution in [2.75, 3.05) is 18.9 Å². The number of hydrogen-bond donors (Lipinski definition) is 2. The van der Waals surface area contributed by atoms with E-state index in [1.165, 1.54) is 12.1 Å². The number of aryl methyl sites for hydroxylation is 1. The number of nitrogens with zero attached hydrogens (tertiary/aromatic N) is 1. The second-order valence-electron chi connectivity index (χ2n) is 3.01. The molecule has 3 N–H and O–H groups in total. The molecule has 1 aromatic carbocycles. The number of benzene rings is 1. The van der Waals surface area contributed by atoms with E-state index in [1.54, 1.807) is 6.92 Å². The topological polar surface area (TPSA) is 98.6 Å². The Bertz CT molecular complexity index is 379. The number of nitrogens with two attached hydrogens (primary N) is 1. The number of aliphatic hydroxyl groups is 1. The number of nitro benzene ring substituents is 1. The standard InChI is InChI=1S/C9H12N2O4/c1-6-4-7(10)9(15-3-2-12)5-8(6)11(13)14/h4-5,12H,2-3,10H2,1H3. The summed E-state index contributed by atoms with van der Waals surface area (Å²) >= 11 is 0. The molecule has 1 aromatic rings. The maximum Gasteiger partial charge on any atom is 0.276 e. The van der Waals surface area contributed by atoms with Gasteiger partial charge in [-0.1, -0.05) is 0 Å². The van der Waals surface area contributed by atoms with Gasteiger partial charge in [-0.15, -0.1) is 0 Å². The zero-order valence-corrected chi connectivity index (χ0v) is 8.27. The molecule has 15 heavy (non-hydrogen) atoms. The fraction of sp³-hybridized carbons (Fsp3) is 0.333. The van der Waals surface area contributed by atoms with Crippen LogP contribution < -0.4 is 10.5 Å². The lowest BCUT2D eigenvalue weighted by Gasteiger charge is -2.08. The van der Waals surface area contributed by atoms with Gasteiger partial charge < -0.3 is 15.6 Å². The first-order valence-electron chi connectivity index (χ1n) is 4.34. The van der Waals surface area contributed by atoms with Gasteiger partial charge in [0.05, 0.1) is 23.3 Å². The summed E-state index contributed by atoms with van der Waals surface area (Å²) in [6.45, 7) is 1.50. The molecule has 6 heteroatoms. The van der Waals surface area contributed by atoms with E-state index in [2.05, 4.69) is 0 Å². The van der Waals surface area contributed by atoms with Gasteiger partial charge in [-0.25, -0.2) is 0 Å². The van der Waals surface area contributed by atoms with Crippen LogP contribution in [0.2, 0.25) is 0 Å². The molecule has 0 aliphatic rings. The van der Waals surface area contributed by atoms with Crippen molar-refractivity contribution in [1.82, 2.24) is 0 Å². The first kappa shape index (κ1) is 11.3. The molecule has 0 heterocycles. The van der Waals surface area contributed by atoms with Crippen molar-refractivity contribution in [2.24, 2.45) is 0 Å². The number of anilines is 1. The summed E-state index contributed by atoms with van der Waals surface area (Å²) in [6, 6.07) is 2.74. The minimum Gasteiger partial charge on any atom is -0.489 e. The summed E-state index contributed by atoms with van der Waals surface area (Å²) in [6.07, 6.45) is 0. The van der Waals surface area contributed by atoms with Crippen molar-refractivity contribution in [1.29, 1.82) is 0 Å². The van der Waals surface area contributed by atoms with Crippen LogP contribution in [0.25, 0.3) is 0 Å². The van der Waals surface area contributed by atoms with E-state index in [0.717, 1.165) is 0 Å². The Kier molecular flexibility index (Phi) is 3.46. The molecule has 0 fully saturated rings. The number of nitrogen functional groups attached to an aromatic ring is 1. The van der Waals surface area contributed by atoms with Gasteiger partial charge in [-0.2, -0.15) is 0 Å². The van der Waals surface area contributed by atoms with Crippen LogP contribution in [0.4, 0.5) is 11.4 Å². The average molecular weight is 212 g/mol. The average Bonchev–Trinajstić information content (AvgIpc) is 2.16. The van der Waals surface area contributed by atoms with Gasteiger partial charge in [0.2, 0.25) is 0 Å². The molecule has 82 valence electrons. The largest absolute Gasteiger partial charge is 0.489 e. The molecule has 0 saturated carbocycles. The molecule has 1 rings (SSSR count). The Hall–Kier alpha value is -1.82. The van der Waals surface area contributed by atoms with Gasteiger partial charge in [0.15, 0.2) is 0 Å². The van der Waals surface area contributed by atoms with Crippen LogP contribution in [-0.2, 0) is 0 Å². The highest BCUT2D eigenvalue weighted by Crippen LogP contribution is 2.30. The minimum absolute atomic E-state index is 0.0443. The number of ether oxygens (including phenoxy) is 1. The van der Waals surface area contributed by atoms with Crippen molar-refractivity contribution in [3.05, 3.63) is 27.8 Å². The van der Waals surface area contributed by atoms with Crippen LogP contribution in [-0.4, -0.2) is 23.2 Å². The summed E-state index contributed by atoms with van der Waals surface area (Å²) in [7, 11) is 0. The van der Waals surface area contributed by atoms with Crippen molar-refractivity contribution >= 4 is 11.4 Å². The highest BCUT2D eigenvalue weighted by atomic mass is 16.6. The summed E-state index contributed by atoms with van der Waals surface area (Å²) in [4.78, 5) is 10.1. The van der Waals surface area contributed by atoms with E-state index in [4.69, 9.17) is 15.6 Å². The molecular weight excluding hydrogens is 200 g/mol. The summed E-state index contributed by atoms with van der Waals surface area (Å²) in [5.74, 6) is 0.223. The van der Waals surface area contributed by atoms with Crippen molar-refractivity contribution in [3.8, 4) is 5.75 Å². The molecule has 0 atom stereocenters. The van der Waals surface area contributed by atoms with E-state index in [9.17, 15) is 10.1 Å². The highest BCUT2D eigenvalue weighted by Gasteiger charge is 2.14. The second kappa shape index (κ2) is 4.61. The maximum atomic E-state index is 10.6. The van der Waals surface area contributed by atoms with Gasteiger partial charge in [-0.05, 0) is 13.0 Å². The lowest BCUT2D eigenvalue weighted by Crippen LogP contribution is -2.05. The van der Waals surface area contributed by atoms with Gasteiger partial charge >= 0.3 is 0 Å². The smallest absolute Gasteiger partial charge is 0.276 e. The number of nitro groups is 1. The third-order valence-corrected chi connectivity index (χ3v) is 1.87. The van der Waals surface area contributed by atoms with Crippen LogP contribution in [0.15, 0.2) is 12.1 Å². The van der Waals surface area contributed by atoms with E-state index in [0.29, 0.717) is 11.3 Å². The van der Waals surface area contributed by atoms with Crippen LogP contribution in [0, 0.1) is 17.0 Å². The molecule has 0 amide bonds. The van der Waals surface area contributed by atoms with E-state index in [1.807, 2.05) is 0 Å². The van der Waals surface area contributed by atoms with E-state index < -0.39 is 4.92 Å². The molecule has 0 aromatic heterocycles. The summed E-state index contributed by atoms with van der Waals surface area (Å²) in [5.41, 5.74) is 6.36. The zero-order valence-electron chi connectivity index (χ0n) is 8.27. The fourth-order valence-electron chi connectivity index (χ4n) is 1.18. The molecule has 0 bridgehead atoms. The zero-order chi connectivity index (χ0) is 11.4. The van der Waals surface area contributed by atoms with Crippen molar-refractivity contribution < 1.29 is 14.8 Å². The maximum absolute atomic E-state index is 10.6. The van der Waals surface area contributed by atoms with Crippen molar-refractivity contribution in [2.45, 2.75) is 6.92 Å². The monoisotopic (exact) mass is 212 g/mol. The van der Waals surface area contributed by atoms with Crippen LogP contribution >= 0.6 is 0 Å². The van der Waals surface area contributed by atoms with Gasteiger partial charge in [0.25, 0.3) is 5.69 Å². The van der Waals surface area contributed by atoms with Gasteiger partial charge in [0, 0.05) is 5.56 Å². The fourth-order valence-corrected chi connectivity index (χ4v) is 1.18. The van der Waals surface area contributed by atoms with Crippen LogP contribution in [0.3, 0.4) is 0 Å². The van der Waals surface area contributed by atoms with E-state index in [-0.39, 0.29) is 24.7 Å². The molecule has 0 spiro atoms. The Morgan fingerprint density at radius 2 is 2.27 bits per heavy atom. The molecular formula is C9H12N2O4. The Morgan fingerprint density at radius 1 is 1.60 bits per heavy atom. The molecule has 0 aliphatic carbocycles.